The Bertz CT molecular complexity index is 353. The van der Waals surface area contributed by atoms with Gasteiger partial charge in [0.2, 0.25) is 0 Å². The van der Waals surface area contributed by atoms with E-state index >= 15 is 0 Å². The summed E-state index contributed by atoms with van der Waals surface area (Å²) in [5, 5.41) is 0. The van der Waals surface area contributed by atoms with Crippen LogP contribution in [0.3, 0.4) is 0 Å². The van der Waals surface area contributed by atoms with E-state index in [1.807, 2.05) is 0 Å². The van der Waals surface area contributed by atoms with E-state index in [4.69, 9.17) is 36.2 Å². The second-order valence-electron chi connectivity index (χ2n) is 4.78. The molecule has 1 fully saturated rings. The molecule has 0 unspecified atom stereocenters. The van der Waals surface area contributed by atoms with Crippen LogP contribution in [-0.4, -0.2) is 41.2 Å². The molecular weight excluding hydrogens is 421 g/mol. The van der Waals surface area contributed by atoms with E-state index in [2.05, 4.69) is 0 Å². The molecule has 0 aromatic heterocycles. The summed E-state index contributed by atoms with van der Waals surface area (Å²) in [5.41, 5.74) is -1.32. The van der Waals surface area contributed by atoms with Crippen LogP contribution in [0.5, 0.6) is 0 Å². The van der Waals surface area contributed by atoms with Gasteiger partial charge in [0.05, 0.1) is 0 Å². The van der Waals surface area contributed by atoms with Crippen molar-refractivity contribution in [2.45, 2.75) is 30.1 Å². The maximum atomic E-state index is 12.1. The van der Waals surface area contributed by atoms with Crippen LogP contribution < -0.4 is 0 Å². The fourth-order valence-corrected chi connectivity index (χ4v) is 8.54. The van der Waals surface area contributed by atoms with Gasteiger partial charge in [0.25, 0.3) is 0 Å². The zero-order chi connectivity index (χ0) is 14.8. The van der Waals surface area contributed by atoms with Gasteiger partial charge in [-0.3, -0.25) is 0 Å². The maximum absolute atomic E-state index is 12.1. The van der Waals surface area contributed by atoms with Crippen LogP contribution in [0.4, 0.5) is 0 Å². The predicted octanol–water partition coefficient (Wildman–Crippen LogP) is 3.16. The summed E-state index contributed by atoms with van der Waals surface area (Å²) in [6, 6.07) is 0. The van der Waals surface area contributed by atoms with E-state index < -0.39 is 32.4 Å². The molecule has 4 nitrogen and oxygen atoms in total. The summed E-state index contributed by atoms with van der Waals surface area (Å²) in [6.45, 7) is 1.81. The molecule has 0 bridgehead atoms. The number of halogens is 3. The Morgan fingerprint density at radius 2 is 1.68 bits per heavy atom. The van der Waals surface area contributed by atoms with Crippen molar-refractivity contribution in [2.24, 2.45) is 11.3 Å². The molecule has 0 aromatic rings. The first-order valence-corrected chi connectivity index (χ1v) is 18.4. The number of hydrogen-bond acceptors (Lipinski definition) is 4. The second-order valence-corrected chi connectivity index (χ2v) is 26.4. The van der Waals surface area contributed by atoms with Gasteiger partial charge in [-0.05, 0) is 0 Å². The molecule has 0 saturated heterocycles. The fourth-order valence-electron chi connectivity index (χ4n) is 2.89. The van der Waals surface area contributed by atoms with Crippen molar-refractivity contribution in [1.82, 2.24) is 0 Å². The molecule has 8 heteroatoms. The first-order chi connectivity index (χ1) is 8.71. The summed E-state index contributed by atoms with van der Waals surface area (Å²) < 4.78 is 9.35. The van der Waals surface area contributed by atoms with Crippen LogP contribution in [0.1, 0.15) is 26.2 Å². The van der Waals surface area contributed by atoms with Crippen molar-refractivity contribution in [3.05, 3.63) is 0 Å². The SMILES string of the molecule is COC(=O)C1(C(=O)OC)CCC[C@H]1[C@@H](C)[Sn]([Cl])([Cl])[Cl]. The van der Waals surface area contributed by atoms with E-state index in [9.17, 15) is 9.59 Å². The van der Waals surface area contributed by atoms with Crippen LogP contribution in [0.2, 0.25) is 3.93 Å². The third kappa shape index (κ3) is 3.27. The average Bonchev–Trinajstić information content (AvgIpc) is 2.80. The Hall–Kier alpha value is 0.609. The van der Waals surface area contributed by atoms with Gasteiger partial charge < -0.3 is 0 Å². The first-order valence-electron chi connectivity index (χ1n) is 5.95. The van der Waals surface area contributed by atoms with Crippen molar-refractivity contribution in [3.63, 3.8) is 0 Å². The summed E-state index contributed by atoms with van der Waals surface area (Å²) in [6.07, 6.45) is 1.76. The number of ether oxygens (including phenoxy) is 2. The Morgan fingerprint density at radius 1 is 1.21 bits per heavy atom. The molecule has 2 atom stereocenters. The van der Waals surface area contributed by atoms with Gasteiger partial charge in [0, 0.05) is 0 Å². The Kier molecular flexibility index (Phi) is 6.12. The molecule has 1 aliphatic rings. The number of methoxy groups -OCH3 is 2. The van der Waals surface area contributed by atoms with Crippen molar-refractivity contribution in [1.29, 1.82) is 0 Å². The zero-order valence-corrected chi connectivity index (χ0v) is 16.2. The normalized spacial score (nSPS) is 23.8. The average molecular weight is 438 g/mol. The Balaban J connectivity index is 3.22. The molecule has 19 heavy (non-hydrogen) atoms. The van der Waals surface area contributed by atoms with Crippen LogP contribution in [0.15, 0.2) is 0 Å². The summed E-state index contributed by atoms with van der Waals surface area (Å²) in [4.78, 5) is 24.3. The minimum absolute atomic E-state index is 0.264. The van der Waals surface area contributed by atoms with Crippen molar-refractivity contribution in [3.8, 4) is 0 Å². The molecule has 0 aromatic carbocycles. The predicted molar refractivity (Wildman–Crippen MR) is 76.5 cm³/mol. The van der Waals surface area contributed by atoms with E-state index in [1.165, 1.54) is 14.2 Å². The Labute approximate surface area is 128 Å². The van der Waals surface area contributed by atoms with Crippen molar-refractivity contribution < 1.29 is 19.1 Å². The van der Waals surface area contributed by atoms with Gasteiger partial charge in [0.15, 0.2) is 0 Å². The van der Waals surface area contributed by atoms with Gasteiger partial charge in [-0.1, -0.05) is 0 Å². The molecular formula is C11H17Cl3O4Sn. The zero-order valence-electron chi connectivity index (χ0n) is 11.0. The van der Waals surface area contributed by atoms with Crippen LogP contribution in [-0.2, 0) is 19.1 Å². The molecule has 0 amide bonds. The van der Waals surface area contributed by atoms with Crippen molar-refractivity contribution >= 4 is 53.7 Å². The van der Waals surface area contributed by atoms with E-state index in [1.54, 1.807) is 6.92 Å². The molecule has 0 N–H and O–H groups in total. The third-order valence-electron chi connectivity index (χ3n) is 3.94. The quantitative estimate of drug-likeness (QED) is 0.385. The molecule has 0 radical (unpaired) electrons. The molecule has 0 aliphatic heterocycles. The fraction of sp³-hybridized carbons (Fsp3) is 0.818. The standard InChI is InChI=1S/C11H17O4.3ClH.Sn/c1-4-8-6-5-7-11(8,9(12)14-2)10(13)15-3;;;;/h4,8H,5-7H2,1-3H3;3*1H;/q;;;;+3/p-3/t8-;;;;/m1..../s1. The van der Waals surface area contributed by atoms with E-state index in [-0.39, 0.29) is 9.85 Å². The topological polar surface area (TPSA) is 52.6 Å². The number of carbonyl (C=O) groups is 2. The molecule has 1 aliphatic carbocycles. The summed E-state index contributed by atoms with van der Waals surface area (Å²) >= 11 is -3.79. The van der Waals surface area contributed by atoms with Crippen LogP contribution in [0, 0.1) is 11.3 Å². The van der Waals surface area contributed by atoms with Gasteiger partial charge in [-0.2, -0.15) is 0 Å². The Morgan fingerprint density at radius 3 is 2.05 bits per heavy atom. The van der Waals surface area contributed by atoms with E-state index in [0.717, 1.165) is 0 Å². The van der Waals surface area contributed by atoms with E-state index in [0.29, 0.717) is 19.3 Å². The number of carbonyl (C=O) groups excluding carboxylic acids is 2. The van der Waals surface area contributed by atoms with Crippen molar-refractivity contribution in [2.75, 3.05) is 14.2 Å². The molecule has 1 saturated carbocycles. The van der Waals surface area contributed by atoms with Gasteiger partial charge in [0.1, 0.15) is 0 Å². The number of hydrogen-bond donors (Lipinski definition) is 0. The second kappa shape index (κ2) is 6.58. The molecule has 0 heterocycles. The first kappa shape index (κ1) is 17.7. The molecule has 1 rings (SSSR count). The van der Waals surface area contributed by atoms with Gasteiger partial charge >= 0.3 is 128 Å². The molecule has 110 valence electrons. The van der Waals surface area contributed by atoms with Gasteiger partial charge in [-0.25, -0.2) is 0 Å². The summed E-state index contributed by atoms with van der Waals surface area (Å²) in [7, 11) is 20.9. The van der Waals surface area contributed by atoms with Crippen LogP contribution in [0.25, 0.3) is 0 Å². The van der Waals surface area contributed by atoms with Crippen LogP contribution >= 0.6 is 26.8 Å². The monoisotopic (exact) mass is 438 g/mol. The third-order valence-corrected chi connectivity index (χ3v) is 15.0. The number of esters is 2. The van der Waals surface area contributed by atoms with Gasteiger partial charge in [-0.15, -0.1) is 0 Å². The summed E-state index contributed by atoms with van der Waals surface area (Å²) in [5.74, 6) is -1.50. The minimum atomic E-state index is -3.79. The number of rotatable bonds is 4. The molecule has 0 spiro atoms.